The van der Waals surface area contributed by atoms with Gasteiger partial charge >= 0.3 is 5.97 Å². The van der Waals surface area contributed by atoms with Crippen molar-refractivity contribution in [3.8, 4) is 0 Å². The van der Waals surface area contributed by atoms with Crippen LogP contribution in [0.2, 0.25) is 0 Å². The molecule has 0 spiro atoms. The van der Waals surface area contributed by atoms with Gasteiger partial charge in [0, 0.05) is 0 Å². The predicted octanol–water partition coefficient (Wildman–Crippen LogP) is 2.00. The summed E-state index contributed by atoms with van der Waals surface area (Å²) >= 11 is 0. The Morgan fingerprint density at radius 3 is 2.94 bits per heavy atom. The maximum atomic E-state index is 11.4. The second-order valence-corrected chi connectivity index (χ2v) is 4.58. The van der Waals surface area contributed by atoms with E-state index in [1.165, 1.54) is 18.4 Å². The Morgan fingerprint density at radius 2 is 2.29 bits per heavy atom. The number of esters is 1. The van der Waals surface area contributed by atoms with E-state index in [1.54, 1.807) is 6.92 Å². The fraction of sp³-hybridized carbons (Fsp3) is 0.500. The molecule has 0 radical (unpaired) electrons. The first kappa shape index (κ1) is 12.1. The maximum absolute atomic E-state index is 11.4. The number of ether oxygens (including phenoxy) is 1. The maximum Gasteiger partial charge on any atom is 0.323 e. The minimum absolute atomic E-state index is 0.315. The highest BCUT2D eigenvalue weighted by molar-refractivity contribution is 5.75. The Balaban J connectivity index is 1.97. The van der Waals surface area contributed by atoms with Crippen molar-refractivity contribution < 1.29 is 9.53 Å². The molecule has 1 aliphatic rings. The molecule has 1 saturated carbocycles. The highest BCUT2D eigenvalue weighted by Crippen LogP contribution is 2.40. The summed E-state index contributed by atoms with van der Waals surface area (Å²) < 4.78 is 4.90. The molecule has 1 atom stereocenters. The van der Waals surface area contributed by atoms with Crippen LogP contribution in [0.5, 0.6) is 0 Å². The number of benzene rings is 1. The third-order valence-corrected chi connectivity index (χ3v) is 3.04. The zero-order valence-corrected chi connectivity index (χ0v) is 10.2. The van der Waals surface area contributed by atoms with Crippen LogP contribution in [0.3, 0.4) is 0 Å². The fourth-order valence-electron chi connectivity index (χ4n) is 1.98. The van der Waals surface area contributed by atoms with E-state index >= 15 is 0 Å². The molecule has 17 heavy (non-hydrogen) atoms. The summed E-state index contributed by atoms with van der Waals surface area (Å²) in [6.45, 7) is 2.17. The topological polar surface area (TPSA) is 52.3 Å². The standard InChI is InChI=1S/C14H19NO2/c1-2-17-14(16)13(15)9-10-4-3-5-12(8-10)11-6-7-11/h3-5,8,11,13H,2,6-7,9,15H2,1H3. The second kappa shape index (κ2) is 5.32. The van der Waals surface area contributed by atoms with Gasteiger partial charge in [-0.25, -0.2) is 0 Å². The van der Waals surface area contributed by atoms with Crippen molar-refractivity contribution in [2.45, 2.75) is 38.1 Å². The summed E-state index contributed by atoms with van der Waals surface area (Å²) in [5, 5.41) is 0. The first-order valence-corrected chi connectivity index (χ1v) is 6.21. The number of rotatable bonds is 5. The van der Waals surface area contributed by atoms with E-state index < -0.39 is 6.04 Å². The van der Waals surface area contributed by atoms with Crippen molar-refractivity contribution >= 4 is 5.97 Å². The van der Waals surface area contributed by atoms with Crippen LogP contribution in [0.15, 0.2) is 24.3 Å². The molecule has 0 heterocycles. The molecule has 2 rings (SSSR count). The molecule has 0 saturated heterocycles. The zero-order valence-electron chi connectivity index (χ0n) is 10.2. The summed E-state index contributed by atoms with van der Waals surface area (Å²) in [7, 11) is 0. The first-order chi connectivity index (χ1) is 8.20. The van der Waals surface area contributed by atoms with Crippen molar-refractivity contribution in [3.05, 3.63) is 35.4 Å². The SMILES string of the molecule is CCOC(=O)C(N)Cc1cccc(C2CC2)c1. The van der Waals surface area contributed by atoms with E-state index in [0.29, 0.717) is 13.0 Å². The van der Waals surface area contributed by atoms with Crippen molar-refractivity contribution in [1.29, 1.82) is 0 Å². The number of hydrogen-bond acceptors (Lipinski definition) is 3. The predicted molar refractivity (Wildman–Crippen MR) is 66.7 cm³/mol. The molecule has 1 fully saturated rings. The molecule has 3 heteroatoms. The molecule has 0 aliphatic heterocycles. The van der Waals surface area contributed by atoms with Crippen LogP contribution < -0.4 is 5.73 Å². The quantitative estimate of drug-likeness (QED) is 0.791. The highest BCUT2D eigenvalue weighted by Gasteiger charge is 2.23. The molecule has 0 aromatic heterocycles. The molecular weight excluding hydrogens is 214 g/mol. The summed E-state index contributed by atoms with van der Waals surface area (Å²) in [6, 6.07) is 7.82. The van der Waals surface area contributed by atoms with Gasteiger partial charge in [0.05, 0.1) is 6.61 Å². The number of hydrogen-bond donors (Lipinski definition) is 1. The van der Waals surface area contributed by atoms with E-state index in [1.807, 2.05) is 12.1 Å². The monoisotopic (exact) mass is 233 g/mol. The summed E-state index contributed by atoms with van der Waals surface area (Å²) in [5.41, 5.74) is 8.30. The molecule has 1 unspecified atom stereocenters. The number of nitrogens with two attached hydrogens (primary N) is 1. The lowest BCUT2D eigenvalue weighted by Crippen LogP contribution is -2.34. The molecule has 0 amide bonds. The fourth-order valence-corrected chi connectivity index (χ4v) is 1.98. The van der Waals surface area contributed by atoms with E-state index in [4.69, 9.17) is 10.5 Å². The van der Waals surface area contributed by atoms with Crippen LogP contribution in [0.25, 0.3) is 0 Å². The molecule has 92 valence electrons. The largest absolute Gasteiger partial charge is 0.465 e. The van der Waals surface area contributed by atoms with Crippen molar-refractivity contribution in [1.82, 2.24) is 0 Å². The van der Waals surface area contributed by atoms with E-state index in [0.717, 1.165) is 11.5 Å². The van der Waals surface area contributed by atoms with Crippen LogP contribution in [0.4, 0.5) is 0 Å². The van der Waals surface area contributed by atoms with Gasteiger partial charge in [0.1, 0.15) is 6.04 Å². The average Bonchev–Trinajstić information content (AvgIpc) is 3.13. The van der Waals surface area contributed by atoms with Gasteiger partial charge in [-0.05, 0) is 43.2 Å². The van der Waals surface area contributed by atoms with Crippen molar-refractivity contribution in [2.75, 3.05) is 6.61 Å². The molecular formula is C14H19NO2. The van der Waals surface area contributed by atoms with Crippen molar-refractivity contribution in [2.24, 2.45) is 5.73 Å². The van der Waals surface area contributed by atoms with Gasteiger partial charge in [-0.15, -0.1) is 0 Å². The van der Waals surface area contributed by atoms with Gasteiger partial charge in [-0.3, -0.25) is 4.79 Å². The molecule has 3 nitrogen and oxygen atoms in total. The molecule has 1 aromatic rings. The third kappa shape index (κ3) is 3.30. The van der Waals surface area contributed by atoms with Gasteiger partial charge < -0.3 is 10.5 Å². The van der Waals surface area contributed by atoms with Crippen LogP contribution in [-0.4, -0.2) is 18.6 Å². The highest BCUT2D eigenvalue weighted by atomic mass is 16.5. The minimum Gasteiger partial charge on any atom is -0.465 e. The van der Waals surface area contributed by atoms with Crippen LogP contribution in [-0.2, 0) is 16.0 Å². The Morgan fingerprint density at radius 1 is 1.53 bits per heavy atom. The number of carbonyl (C=O) groups excluding carboxylic acids is 1. The molecule has 1 aromatic carbocycles. The summed E-state index contributed by atoms with van der Waals surface area (Å²) in [4.78, 5) is 11.4. The van der Waals surface area contributed by atoms with Gasteiger partial charge in [0.2, 0.25) is 0 Å². The lowest BCUT2D eigenvalue weighted by molar-refractivity contribution is -0.144. The smallest absolute Gasteiger partial charge is 0.323 e. The molecule has 1 aliphatic carbocycles. The Hall–Kier alpha value is -1.35. The average molecular weight is 233 g/mol. The Kier molecular flexibility index (Phi) is 3.79. The van der Waals surface area contributed by atoms with Crippen LogP contribution in [0.1, 0.15) is 36.8 Å². The van der Waals surface area contributed by atoms with Crippen LogP contribution in [0, 0.1) is 0 Å². The third-order valence-electron chi connectivity index (χ3n) is 3.04. The zero-order chi connectivity index (χ0) is 12.3. The van der Waals surface area contributed by atoms with E-state index in [9.17, 15) is 4.79 Å². The van der Waals surface area contributed by atoms with Crippen LogP contribution >= 0.6 is 0 Å². The van der Waals surface area contributed by atoms with Gasteiger partial charge in [0.15, 0.2) is 0 Å². The molecule has 0 bridgehead atoms. The second-order valence-electron chi connectivity index (χ2n) is 4.58. The van der Waals surface area contributed by atoms with E-state index in [2.05, 4.69) is 12.1 Å². The number of carbonyl (C=O) groups is 1. The lowest BCUT2D eigenvalue weighted by atomic mass is 10.0. The summed E-state index contributed by atoms with van der Waals surface area (Å²) in [6.07, 6.45) is 3.13. The molecule has 2 N–H and O–H groups in total. The Labute approximate surface area is 102 Å². The van der Waals surface area contributed by atoms with Gasteiger partial charge in [-0.2, -0.15) is 0 Å². The Bertz CT molecular complexity index is 399. The van der Waals surface area contributed by atoms with Gasteiger partial charge in [-0.1, -0.05) is 24.3 Å². The normalized spacial score (nSPS) is 16.6. The minimum atomic E-state index is -0.551. The van der Waals surface area contributed by atoms with E-state index in [-0.39, 0.29) is 5.97 Å². The first-order valence-electron chi connectivity index (χ1n) is 6.21. The summed E-state index contributed by atoms with van der Waals surface area (Å²) in [5.74, 6) is 0.415. The lowest BCUT2D eigenvalue weighted by Gasteiger charge is -2.11. The van der Waals surface area contributed by atoms with Gasteiger partial charge in [0.25, 0.3) is 0 Å². The van der Waals surface area contributed by atoms with Crippen molar-refractivity contribution in [3.63, 3.8) is 0 Å².